The molecule has 5 heteroatoms. The third-order valence-electron chi connectivity index (χ3n) is 2.51. The van der Waals surface area contributed by atoms with E-state index in [2.05, 4.69) is 0 Å². The van der Waals surface area contributed by atoms with E-state index in [1.807, 2.05) is 0 Å². The van der Waals surface area contributed by atoms with Crippen LogP contribution in [-0.4, -0.2) is 58.6 Å². The molecule has 0 aromatic rings. The van der Waals surface area contributed by atoms with Crippen molar-refractivity contribution in [2.24, 2.45) is 0 Å². The Bertz CT molecular complexity index is 207. The van der Waals surface area contributed by atoms with Crippen molar-refractivity contribution in [1.29, 1.82) is 0 Å². The van der Waals surface area contributed by atoms with Crippen LogP contribution in [0.15, 0.2) is 0 Å². The van der Waals surface area contributed by atoms with Gasteiger partial charge in [-0.15, -0.1) is 0 Å². The summed E-state index contributed by atoms with van der Waals surface area (Å²) in [7, 11) is 3.18. The van der Waals surface area contributed by atoms with Crippen LogP contribution in [0.4, 0.5) is 0 Å². The van der Waals surface area contributed by atoms with E-state index in [-0.39, 0.29) is 18.0 Å². The van der Waals surface area contributed by atoms with Gasteiger partial charge in [0.15, 0.2) is 5.78 Å². The van der Waals surface area contributed by atoms with Crippen molar-refractivity contribution in [2.45, 2.75) is 25.0 Å². The normalized spacial score (nSPS) is 24.5. The van der Waals surface area contributed by atoms with Crippen LogP contribution in [0, 0.1) is 0 Å². The monoisotopic (exact) mass is 232 g/mol. The van der Waals surface area contributed by atoms with Gasteiger partial charge in [-0.1, -0.05) is 0 Å². The summed E-state index contributed by atoms with van der Waals surface area (Å²) >= 11 is 0. The Morgan fingerprint density at radius 2 is 2.00 bits per heavy atom. The second kappa shape index (κ2) is 7.73. The largest absolute Gasteiger partial charge is 0.382 e. The molecule has 2 unspecified atom stereocenters. The van der Waals surface area contributed by atoms with E-state index in [0.717, 1.165) is 6.42 Å². The number of carbonyl (C=O) groups excluding carboxylic acids is 1. The molecule has 1 aliphatic rings. The first-order valence-electron chi connectivity index (χ1n) is 5.53. The number of ketones is 1. The van der Waals surface area contributed by atoms with Crippen LogP contribution in [0.5, 0.6) is 0 Å². The summed E-state index contributed by atoms with van der Waals surface area (Å²) in [4.78, 5) is 11.0. The molecule has 0 saturated heterocycles. The highest BCUT2D eigenvalue weighted by atomic mass is 16.5. The van der Waals surface area contributed by atoms with E-state index in [1.54, 1.807) is 7.11 Å². The second-order valence-corrected chi connectivity index (χ2v) is 3.69. The van der Waals surface area contributed by atoms with Gasteiger partial charge in [0.1, 0.15) is 6.10 Å². The van der Waals surface area contributed by atoms with Gasteiger partial charge in [-0.05, 0) is 6.42 Å². The van der Waals surface area contributed by atoms with Gasteiger partial charge < -0.3 is 18.9 Å². The molecule has 2 atom stereocenters. The standard InChI is InChI=1S/C11H20O5/c1-13-6-7-15-4-3-5-16-10-8-9(12)11(10)14-2/h10-11H,3-8H2,1-2H3. The maximum absolute atomic E-state index is 11.0. The fourth-order valence-corrected chi connectivity index (χ4v) is 1.54. The third-order valence-corrected chi connectivity index (χ3v) is 2.51. The summed E-state index contributed by atoms with van der Waals surface area (Å²) in [6.45, 7) is 2.48. The summed E-state index contributed by atoms with van der Waals surface area (Å²) in [6, 6.07) is 0. The molecule has 0 radical (unpaired) electrons. The lowest BCUT2D eigenvalue weighted by molar-refractivity contribution is -0.161. The molecule has 0 aromatic heterocycles. The molecule has 1 rings (SSSR count). The molecule has 1 saturated carbocycles. The molecule has 1 fully saturated rings. The van der Waals surface area contributed by atoms with Crippen LogP contribution in [0.3, 0.4) is 0 Å². The SMILES string of the molecule is COCCOCCCOC1CC(=O)C1OC. The molecule has 0 aliphatic heterocycles. The van der Waals surface area contributed by atoms with Crippen LogP contribution >= 0.6 is 0 Å². The molecular formula is C11H20O5. The first-order valence-corrected chi connectivity index (χ1v) is 5.53. The number of hydrogen-bond acceptors (Lipinski definition) is 5. The number of hydrogen-bond donors (Lipinski definition) is 0. The number of rotatable bonds is 9. The molecule has 0 spiro atoms. The molecule has 0 amide bonds. The lowest BCUT2D eigenvalue weighted by Crippen LogP contribution is -2.50. The minimum absolute atomic E-state index is 0.0588. The smallest absolute Gasteiger partial charge is 0.166 e. The quantitative estimate of drug-likeness (QED) is 0.539. The topological polar surface area (TPSA) is 54.0 Å². The summed E-state index contributed by atoms with van der Waals surface area (Å²) in [5.41, 5.74) is 0. The minimum Gasteiger partial charge on any atom is -0.382 e. The first kappa shape index (κ1) is 13.6. The number of Topliss-reactive ketones (excluding diaryl/α,β-unsaturated/α-hetero) is 1. The molecule has 94 valence electrons. The van der Waals surface area contributed by atoms with Gasteiger partial charge in [-0.3, -0.25) is 4.79 Å². The molecule has 5 nitrogen and oxygen atoms in total. The lowest BCUT2D eigenvalue weighted by Gasteiger charge is -2.33. The average Bonchev–Trinajstić information content (AvgIpc) is 2.26. The zero-order valence-electron chi connectivity index (χ0n) is 9.94. The van der Waals surface area contributed by atoms with E-state index >= 15 is 0 Å². The van der Waals surface area contributed by atoms with E-state index in [1.165, 1.54) is 7.11 Å². The van der Waals surface area contributed by atoms with Crippen molar-refractivity contribution >= 4 is 5.78 Å². The Labute approximate surface area is 96.0 Å². The van der Waals surface area contributed by atoms with Crippen molar-refractivity contribution < 1.29 is 23.7 Å². The number of ether oxygens (including phenoxy) is 4. The Kier molecular flexibility index (Phi) is 6.56. The van der Waals surface area contributed by atoms with Crippen molar-refractivity contribution in [3.8, 4) is 0 Å². The van der Waals surface area contributed by atoms with E-state index in [4.69, 9.17) is 18.9 Å². The van der Waals surface area contributed by atoms with Gasteiger partial charge in [0.25, 0.3) is 0 Å². The van der Waals surface area contributed by atoms with Crippen LogP contribution in [0.2, 0.25) is 0 Å². The zero-order chi connectivity index (χ0) is 11.8. The molecule has 0 aromatic carbocycles. The van der Waals surface area contributed by atoms with Crippen LogP contribution in [0.1, 0.15) is 12.8 Å². The molecule has 0 N–H and O–H groups in total. The fraction of sp³-hybridized carbons (Fsp3) is 0.909. The Balaban J connectivity index is 1.90. The Hall–Kier alpha value is -0.490. The van der Waals surface area contributed by atoms with Crippen molar-refractivity contribution in [1.82, 2.24) is 0 Å². The molecule has 0 heterocycles. The van der Waals surface area contributed by atoms with Gasteiger partial charge in [-0.2, -0.15) is 0 Å². The molecule has 1 aliphatic carbocycles. The molecule has 16 heavy (non-hydrogen) atoms. The van der Waals surface area contributed by atoms with Gasteiger partial charge in [0.2, 0.25) is 0 Å². The summed E-state index contributed by atoms with van der Waals surface area (Å²) in [6.07, 6.45) is 0.888. The fourth-order valence-electron chi connectivity index (χ4n) is 1.54. The predicted molar refractivity (Wildman–Crippen MR) is 57.5 cm³/mol. The van der Waals surface area contributed by atoms with Crippen molar-refractivity contribution in [3.63, 3.8) is 0 Å². The predicted octanol–water partition coefficient (Wildman–Crippen LogP) is 0.412. The van der Waals surface area contributed by atoms with E-state index < -0.39 is 0 Å². The number of methoxy groups -OCH3 is 2. The van der Waals surface area contributed by atoms with Crippen LogP contribution in [-0.2, 0) is 23.7 Å². The lowest BCUT2D eigenvalue weighted by atomic mass is 9.90. The minimum atomic E-state index is -0.352. The maximum atomic E-state index is 11.0. The van der Waals surface area contributed by atoms with Gasteiger partial charge in [0, 0.05) is 33.9 Å². The summed E-state index contributed by atoms with van der Waals surface area (Å²) < 4.78 is 20.6. The maximum Gasteiger partial charge on any atom is 0.166 e. The Morgan fingerprint density at radius 3 is 2.62 bits per heavy atom. The first-order chi connectivity index (χ1) is 7.79. The summed E-state index contributed by atoms with van der Waals surface area (Å²) in [5.74, 6) is 0.129. The highest BCUT2D eigenvalue weighted by Crippen LogP contribution is 2.22. The number of carbonyl (C=O) groups is 1. The van der Waals surface area contributed by atoms with Crippen LogP contribution in [0.25, 0.3) is 0 Å². The van der Waals surface area contributed by atoms with E-state index in [9.17, 15) is 4.79 Å². The van der Waals surface area contributed by atoms with Gasteiger partial charge in [-0.25, -0.2) is 0 Å². The third kappa shape index (κ3) is 4.17. The van der Waals surface area contributed by atoms with E-state index in [0.29, 0.717) is 32.8 Å². The summed E-state index contributed by atoms with van der Waals surface area (Å²) in [5, 5.41) is 0. The average molecular weight is 232 g/mol. The van der Waals surface area contributed by atoms with Gasteiger partial charge >= 0.3 is 0 Å². The highest BCUT2D eigenvalue weighted by Gasteiger charge is 2.40. The van der Waals surface area contributed by atoms with Crippen molar-refractivity contribution in [3.05, 3.63) is 0 Å². The van der Waals surface area contributed by atoms with Gasteiger partial charge in [0.05, 0.1) is 19.3 Å². The molecular weight excluding hydrogens is 212 g/mol. The van der Waals surface area contributed by atoms with Crippen molar-refractivity contribution in [2.75, 3.05) is 40.6 Å². The highest BCUT2D eigenvalue weighted by molar-refractivity contribution is 5.90. The van der Waals surface area contributed by atoms with Crippen LogP contribution < -0.4 is 0 Å². The zero-order valence-corrected chi connectivity index (χ0v) is 9.94. The second-order valence-electron chi connectivity index (χ2n) is 3.69. The molecule has 0 bridgehead atoms. The Morgan fingerprint density at radius 1 is 1.19 bits per heavy atom.